The molecule has 2 bridgehead atoms. The molecule has 2 saturated carbocycles. The van der Waals surface area contributed by atoms with Gasteiger partial charge in [0, 0.05) is 11.5 Å². The molecule has 106 valence electrons. The summed E-state index contributed by atoms with van der Waals surface area (Å²) in [7, 11) is -1.57. The molecule has 3 aliphatic carbocycles. The van der Waals surface area contributed by atoms with Crippen LogP contribution in [0.3, 0.4) is 0 Å². The van der Waals surface area contributed by atoms with Crippen LogP contribution in [0.15, 0.2) is 12.2 Å². The monoisotopic (exact) mass is 276 g/mol. The Kier molecular flexibility index (Phi) is 2.75. The van der Waals surface area contributed by atoms with Crippen LogP contribution in [-0.2, 0) is 4.79 Å². The first-order chi connectivity index (χ1) is 8.66. The highest BCUT2D eigenvalue weighted by atomic mass is 28.3. The van der Waals surface area contributed by atoms with Gasteiger partial charge in [-0.05, 0) is 35.1 Å². The molecule has 0 aromatic carbocycles. The Hall–Kier alpha value is -0.373. The number of ketones is 1. The van der Waals surface area contributed by atoms with Crippen molar-refractivity contribution >= 4 is 13.9 Å². The van der Waals surface area contributed by atoms with Crippen LogP contribution in [0.2, 0.25) is 23.7 Å². The third-order valence-electron chi connectivity index (χ3n) is 7.00. The standard InChI is InChI=1S/C17H28OSi/c1-10-13-11-7-8-12(9-11)14(13)15(18)16(10)19(5,6)17(2,3)4/h7-8,10-14,16H,9H2,1-6H3/t10-,11-,12+,13+,14-,16+/m0/s1. The molecule has 6 atom stereocenters. The fourth-order valence-corrected chi connectivity index (χ4v) is 8.52. The highest BCUT2D eigenvalue weighted by Crippen LogP contribution is 2.63. The summed E-state index contributed by atoms with van der Waals surface area (Å²) in [5.41, 5.74) is 0.382. The maximum Gasteiger partial charge on any atom is 0.137 e. The summed E-state index contributed by atoms with van der Waals surface area (Å²) in [6.07, 6.45) is 6.00. The molecule has 0 aromatic heterocycles. The zero-order chi connectivity index (χ0) is 14.2. The lowest BCUT2D eigenvalue weighted by Crippen LogP contribution is -2.46. The molecule has 2 heteroatoms. The van der Waals surface area contributed by atoms with Gasteiger partial charge < -0.3 is 0 Å². The lowest BCUT2D eigenvalue weighted by molar-refractivity contribution is -0.121. The zero-order valence-electron chi connectivity index (χ0n) is 13.2. The van der Waals surface area contributed by atoms with Crippen LogP contribution >= 0.6 is 0 Å². The molecular formula is C17H28OSi. The van der Waals surface area contributed by atoms with E-state index in [1.807, 2.05) is 0 Å². The van der Waals surface area contributed by atoms with Crippen molar-refractivity contribution in [3.05, 3.63) is 12.2 Å². The van der Waals surface area contributed by atoms with Gasteiger partial charge in [0.15, 0.2) is 0 Å². The predicted molar refractivity (Wildman–Crippen MR) is 82.8 cm³/mol. The molecule has 3 aliphatic rings. The summed E-state index contributed by atoms with van der Waals surface area (Å²) < 4.78 is 0. The highest BCUT2D eigenvalue weighted by Gasteiger charge is 2.63. The molecule has 2 fully saturated rings. The molecule has 0 spiro atoms. The Morgan fingerprint density at radius 1 is 1.16 bits per heavy atom. The van der Waals surface area contributed by atoms with Gasteiger partial charge in [0.05, 0.1) is 8.07 Å². The van der Waals surface area contributed by atoms with Crippen molar-refractivity contribution in [1.29, 1.82) is 0 Å². The first-order valence-electron chi connectivity index (χ1n) is 7.88. The Bertz CT molecular complexity index is 443. The van der Waals surface area contributed by atoms with E-state index < -0.39 is 8.07 Å². The smallest absolute Gasteiger partial charge is 0.137 e. The summed E-state index contributed by atoms with van der Waals surface area (Å²) in [5.74, 6) is 3.59. The summed E-state index contributed by atoms with van der Waals surface area (Å²) in [6.45, 7) is 14.3. The first-order valence-corrected chi connectivity index (χ1v) is 11.0. The number of carbonyl (C=O) groups excluding carboxylic acids is 1. The second-order valence-corrected chi connectivity index (χ2v) is 14.3. The number of fused-ring (bicyclic) bond motifs is 5. The third-order valence-corrected chi connectivity index (χ3v) is 13.2. The lowest BCUT2D eigenvalue weighted by atomic mass is 9.82. The van der Waals surface area contributed by atoms with E-state index in [0.29, 0.717) is 46.0 Å². The molecule has 0 aromatic rings. The Morgan fingerprint density at radius 2 is 1.74 bits per heavy atom. The van der Waals surface area contributed by atoms with Crippen LogP contribution in [0.5, 0.6) is 0 Å². The van der Waals surface area contributed by atoms with Crippen molar-refractivity contribution in [2.75, 3.05) is 0 Å². The predicted octanol–water partition coefficient (Wildman–Crippen LogP) is 4.52. The molecular weight excluding hydrogens is 248 g/mol. The zero-order valence-corrected chi connectivity index (χ0v) is 14.2. The van der Waals surface area contributed by atoms with Gasteiger partial charge in [-0.15, -0.1) is 0 Å². The van der Waals surface area contributed by atoms with Crippen molar-refractivity contribution in [1.82, 2.24) is 0 Å². The molecule has 3 rings (SSSR count). The van der Waals surface area contributed by atoms with Gasteiger partial charge in [-0.2, -0.15) is 0 Å². The maximum absolute atomic E-state index is 13.1. The van der Waals surface area contributed by atoms with Gasteiger partial charge in [0.2, 0.25) is 0 Å². The van der Waals surface area contributed by atoms with Crippen molar-refractivity contribution in [2.45, 2.75) is 57.8 Å². The van der Waals surface area contributed by atoms with E-state index >= 15 is 0 Å². The van der Waals surface area contributed by atoms with Crippen LogP contribution < -0.4 is 0 Å². The van der Waals surface area contributed by atoms with E-state index in [1.165, 1.54) is 6.42 Å². The second kappa shape index (κ2) is 3.84. The van der Waals surface area contributed by atoms with Gasteiger partial charge in [0.25, 0.3) is 0 Å². The van der Waals surface area contributed by atoms with Crippen molar-refractivity contribution in [2.24, 2.45) is 29.6 Å². The Labute approximate surface area is 118 Å². The molecule has 0 saturated heterocycles. The maximum atomic E-state index is 13.1. The average Bonchev–Trinajstić information content (AvgIpc) is 2.90. The molecule has 19 heavy (non-hydrogen) atoms. The average molecular weight is 276 g/mol. The van der Waals surface area contributed by atoms with Gasteiger partial charge in [-0.25, -0.2) is 0 Å². The fourth-order valence-electron chi connectivity index (χ4n) is 5.15. The summed E-state index contributed by atoms with van der Waals surface area (Å²) in [5, 5.41) is 0.312. The molecule has 0 heterocycles. The Morgan fingerprint density at radius 3 is 2.26 bits per heavy atom. The highest BCUT2D eigenvalue weighted by molar-refractivity contribution is 6.84. The van der Waals surface area contributed by atoms with Crippen LogP contribution in [0.1, 0.15) is 34.1 Å². The van der Waals surface area contributed by atoms with Crippen LogP contribution in [0.4, 0.5) is 0 Å². The molecule has 0 N–H and O–H groups in total. The molecule has 0 unspecified atom stereocenters. The number of Topliss-reactive ketones (excluding diaryl/α,β-unsaturated/α-hetero) is 1. The lowest BCUT2D eigenvalue weighted by Gasteiger charge is -2.43. The number of carbonyl (C=O) groups is 1. The second-order valence-electron chi connectivity index (χ2n) is 8.76. The molecule has 0 aliphatic heterocycles. The summed E-state index contributed by atoms with van der Waals surface area (Å²) in [6, 6.07) is 0. The van der Waals surface area contributed by atoms with E-state index in [9.17, 15) is 4.79 Å². The van der Waals surface area contributed by atoms with E-state index in [-0.39, 0.29) is 0 Å². The van der Waals surface area contributed by atoms with Gasteiger partial charge in [0.1, 0.15) is 5.78 Å². The third kappa shape index (κ3) is 1.61. The van der Waals surface area contributed by atoms with Crippen LogP contribution in [0.25, 0.3) is 0 Å². The number of rotatable bonds is 1. The quantitative estimate of drug-likeness (QED) is 0.508. The minimum atomic E-state index is -1.57. The van der Waals surface area contributed by atoms with Gasteiger partial charge >= 0.3 is 0 Å². The molecule has 0 radical (unpaired) electrons. The normalized spacial score (nSPS) is 45.1. The number of hydrogen-bond donors (Lipinski definition) is 0. The van der Waals surface area contributed by atoms with Gasteiger partial charge in [-0.1, -0.05) is 52.9 Å². The van der Waals surface area contributed by atoms with E-state index in [4.69, 9.17) is 0 Å². The molecule has 0 amide bonds. The minimum absolute atomic E-state index is 0.312. The Balaban J connectivity index is 1.97. The van der Waals surface area contributed by atoms with E-state index in [0.717, 1.165) is 0 Å². The summed E-state index contributed by atoms with van der Waals surface area (Å²) >= 11 is 0. The van der Waals surface area contributed by atoms with Crippen molar-refractivity contribution in [3.63, 3.8) is 0 Å². The number of hydrogen-bond acceptors (Lipinski definition) is 1. The summed E-state index contributed by atoms with van der Waals surface area (Å²) in [4.78, 5) is 13.1. The largest absolute Gasteiger partial charge is 0.299 e. The van der Waals surface area contributed by atoms with Crippen molar-refractivity contribution < 1.29 is 4.79 Å². The van der Waals surface area contributed by atoms with Gasteiger partial charge in [-0.3, -0.25) is 4.79 Å². The van der Waals surface area contributed by atoms with Crippen LogP contribution in [-0.4, -0.2) is 13.9 Å². The molecule has 1 nitrogen and oxygen atoms in total. The first kappa shape index (κ1) is 13.6. The van der Waals surface area contributed by atoms with E-state index in [1.54, 1.807) is 0 Å². The SMILES string of the molecule is C[C@H]1[C@H]2[C@@H](C(=O)[C@@H]1[Si](C)(C)C(C)(C)C)[C@@H]1C=C[C@H]2C1. The van der Waals surface area contributed by atoms with Crippen LogP contribution in [0, 0.1) is 29.6 Å². The van der Waals surface area contributed by atoms with Crippen molar-refractivity contribution in [3.8, 4) is 0 Å². The topological polar surface area (TPSA) is 17.1 Å². The number of allylic oxidation sites excluding steroid dienone is 2. The van der Waals surface area contributed by atoms with E-state index in [2.05, 4.69) is 52.9 Å². The minimum Gasteiger partial charge on any atom is -0.299 e. The fraction of sp³-hybridized carbons (Fsp3) is 0.824.